The largest absolute Gasteiger partial charge is 0.507 e. The molecule has 0 unspecified atom stereocenters. The van der Waals surface area contributed by atoms with Crippen LogP contribution < -0.4 is 0 Å². The lowest BCUT2D eigenvalue weighted by Gasteiger charge is -2.60. The van der Waals surface area contributed by atoms with Gasteiger partial charge in [0.05, 0.1) is 5.41 Å². The van der Waals surface area contributed by atoms with Crippen molar-refractivity contribution in [2.75, 3.05) is 0 Å². The fourth-order valence-corrected chi connectivity index (χ4v) is 8.56. The molecule has 0 bridgehead atoms. The number of aliphatic hydroxyl groups excluding tert-OH is 1. The number of hydrogen-bond donors (Lipinski definition) is 3. The minimum atomic E-state index is -2.15. The summed E-state index contributed by atoms with van der Waals surface area (Å²) in [6, 6.07) is 0. The summed E-state index contributed by atoms with van der Waals surface area (Å²) in [7, 11) is 0. The van der Waals surface area contributed by atoms with Gasteiger partial charge in [0.25, 0.3) is 0 Å². The Labute approximate surface area is 190 Å². The smallest absolute Gasteiger partial charge is 0.232 e. The van der Waals surface area contributed by atoms with Gasteiger partial charge in [-0.05, 0) is 98.4 Å². The second-order valence-electron chi connectivity index (χ2n) is 12.5. The quantitative estimate of drug-likeness (QED) is 0.430. The highest BCUT2D eigenvalue weighted by Gasteiger charge is 2.65. The molecule has 0 aliphatic heterocycles. The molecule has 4 aliphatic rings. The van der Waals surface area contributed by atoms with Crippen LogP contribution in [0.3, 0.4) is 0 Å². The Bertz CT molecular complexity index is 749. The summed E-state index contributed by atoms with van der Waals surface area (Å²) in [4.78, 5) is 0. The van der Waals surface area contributed by atoms with Crippen LogP contribution in [0, 0.1) is 52.3 Å². The lowest BCUT2D eigenvalue weighted by atomic mass is 9.45. The number of aliphatic hydroxyl groups is 3. The van der Waals surface area contributed by atoms with Crippen LogP contribution in [0.25, 0.3) is 0 Å². The standard InChI is InChI=1S/C28H46O3/c1-17(2)18(3)7-8-19(4)22-12-13-23-21-11-9-20-10-14-25(29)28(30,31)27(20,6)24(21)15-16-26(22,23)5/h10,14,17-19,21-24,29-31H,7-9,11-13,15-16H2,1-6H3/t18-,19+,21-,22+,23-,24-,26+,27-/m0/s1. The van der Waals surface area contributed by atoms with Gasteiger partial charge in [0.1, 0.15) is 0 Å². The topological polar surface area (TPSA) is 60.7 Å². The minimum Gasteiger partial charge on any atom is -0.507 e. The molecule has 3 fully saturated rings. The van der Waals surface area contributed by atoms with Gasteiger partial charge in [-0.1, -0.05) is 59.1 Å². The lowest BCUT2D eigenvalue weighted by molar-refractivity contribution is -0.253. The monoisotopic (exact) mass is 430 g/mol. The van der Waals surface area contributed by atoms with E-state index < -0.39 is 11.2 Å². The average molecular weight is 431 g/mol. The van der Waals surface area contributed by atoms with Gasteiger partial charge in [-0.15, -0.1) is 0 Å². The molecule has 3 nitrogen and oxygen atoms in total. The molecule has 0 heterocycles. The maximum Gasteiger partial charge on any atom is 0.232 e. The van der Waals surface area contributed by atoms with Crippen LogP contribution in [-0.2, 0) is 0 Å². The molecule has 3 N–H and O–H groups in total. The molecule has 0 aromatic heterocycles. The molecule has 0 aromatic carbocycles. The van der Waals surface area contributed by atoms with Crippen LogP contribution >= 0.6 is 0 Å². The van der Waals surface area contributed by atoms with Crippen molar-refractivity contribution in [1.82, 2.24) is 0 Å². The van der Waals surface area contributed by atoms with Gasteiger partial charge in [-0.25, -0.2) is 0 Å². The molecule has 4 rings (SSSR count). The number of rotatable bonds is 5. The van der Waals surface area contributed by atoms with Gasteiger partial charge in [0.2, 0.25) is 5.79 Å². The Hall–Kier alpha value is -0.800. The van der Waals surface area contributed by atoms with E-state index in [0.717, 1.165) is 48.5 Å². The predicted molar refractivity (Wildman–Crippen MR) is 126 cm³/mol. The highest BCUT2D eigenvalue weighted by Crippen LogP contribution is 2.68. The van der Waals surface area contributed by atoms with Crippen molar-refractivity contribution in [2.24, 2.45) is 52.3 Å². The van der Waals surface area contributed by atoms with Crippen molar-refractivity contribution in [1.29, 1.82) is 0 Å². The first-order chi connectivity index (χ1) is 14.4. The molecule has 31 heavy (non-hydrogen) atoms. The van der Waals surface area contributed by atoms with Crippen molar-refractivity contribution >= 4 is 0 Å². The molecule has 0 spiro atoms. The molecule has 0 radical (unpaired) electrons. The Morgan fingerprint density at radius 1 is 0.935 bits per heavy atom. The van der Waals surface area contributed by atoms with Gasteiger partial charge in [0, 0.05) is 0 Å². The summed E-state index contributed by atoms with van der Waals surface area (Å²) in [6.07, 6.45) is 13.0. The molecule has 3 heteroatoms. The molecular weight excluding hydrogens is 384 g/mol. The van der Waals surface area contributed by atoms with Crippen molar-refractivity contribution in [2.45, 2.75) is 98.7 Å². The molecule has 0 saturated heterocycles. The van der Waals surface area contributed by atoms with E-state index >= 15 is 0 Å². The molecule has 0 amide bonds. The second-order valence-corrected chi connectivity index (χ2v) is 12.5. The van der Waals surface area contributed by atoms with Crippen LogP contribution in [0.15, 0.2) is 23.5 Å². The van der Waals surface area contributed by atoms with Gasteiger partial charge >= 0.3 is 0 Å². The SMILES string of the molecule is CC(C)[C@@H](C)CC[C@@H](C)[C@H]1CC[C@H]2[C@@H]3CCC4=CC=C(O)C(O)(O)[C@]4(C)[C@H]3CC[C@]12C. The summed E-state index contributed by atoms with van der Waals surface area (Å²) in [5.41, 5.74) is 0.719. The van der Waals surface area contributed by atoms with E-state index in [2.05, 4.69) is 34.6 Å². The minimum absolute atomic E-state index is 0.228. The van der Waals surface area contributed by atoms with Crippen LogP contribution in [-0.4, -0.2) is 21.1 Å². The van der Waals surface area contributed by atoms with Gasteiger partial charge in [-0.2, -0.15) is 0 Å². The third-order valence-electron chi connectivity index (χ3n) is 11.1. The van der Waals surface area contributed by atoms with Gasteiger partial charge in [-0.3, -0.25) is 0 Å². The first-order valence-corrected chi connectivity index (χ1v) is 13.0. The van der Waals surface area contributed by atoms with Crippen molar-refractivity contribution < 1.29 is 15.3 Å². The molecule has 3 saturated carbocycles. The van der Waals surface area contributed by atoms with E-state index in [0.29, 0.717) is 17.3 Å². The van der Waals surface area contributed by atoms with Gasteiger partial charge in [0.15, 0.2) is 5.76 Å². The second kappa shape index (κ2) is 7.90. The highest BCUT2D eigenvalue weighted by molar-refractivity contribution is 5.37. The fourth-order valence-electron chi connectivity index (χ4n) is 8.56. The normalized spacial score (nSPS) is 43.4. The Kier molecular flexibility index (Phi) is 5.96. The van der Waals surface area contributed by atoms with Crippen LogP contribution in [0.5, 0.6) is 0 Å². The van der Waals surface area contributed by atoms with E-state index in [9.17, 15) is 15.3 Å². The number of hydrogen-bond acceptors (Lipinski definition) is 3. The lowest BCUT2D eigenvalue weighted by Crippen LogP contribution is -2.60. The Balaban J connectivity index is 1.55. The fraction of sp³-hybridized carbons (Fsp3) is 0.857. The zero-order chi connectivity index (χ0) is 22.8. The molecule has 176 valence electrons. The van der Waals surface area contributed by atoms with E-state index in [1.807, 2.05) is 13.0 Å². The average Bonchev–Trinajstić information content (AvgIpc) is 3.07. The number of allylic oxidation sites excluding steroid dienone is 2. The predicted octanol–water partition coefficient (Wildman–Crippen LogP) is 6.62. The summed E-state index contributed by atoms with van der Waals surface area (Å²) in [6.45, 7) is 14.2. The van der Waals surface area contributed by atoms with Crippen molar-refractivity contribution in [3.05, 3.63) is 23.5 Å². The van der Waals surface area contributed by atoms with E-state index in [1.54, 1.807) is 0 Å². The zero-order valence-electron chi connectivity index (χ0n) is 20.7. The van der Waals surface area contributed by atoms with Crippen LogP contribution in [0.2, 0.25) is 0 Å². The first-order valence-electron chi connectivity index (χ1n) is 13.0. The van der Waals surface area contributed by atoms with E-state index in [4.69, 9.17) is 0 Å². The highest BCUT2D eigenvalue weighted by atomic mass is 16.5. The maximum atomic E-state index is 11.0. The molecule has 0 aromatic rings. The Morgan fingerprint density at radius 2 is 1.65 bits per heavy atom. The third kappa shape index (κ3) is 3.36. The van der Waals surface area contributed by atoms with Crippen molar-refractivity contribution in [3.8, 4) is 0 Å². The van der Waals surface area contributed by atoms with Gasteiger partial charge < -0.3 is 15.3 Å². The van der Waals surface area contributed by atoms with Crippen LogP contribution in [0.4, 0.5) is 0 Å². The first kappa shape index (κ1) is 23.4. The summed E-state index contributed by atoms with van der Waals surface area (Å²) in [5.74, 6) is 2.09. The van der Waals surface area contributed by atoms with E-state index in [1.165, 1.54) is 38.2 Å². The van der Waals surface area contributed by atoms with E-state index in [-0.39, 0.29) is 11.7 Å². The van der Waals surface area contributed by atoms with Crippen LogP contribution in [0.1, 0.15) is 92.9 Å². The summed E-state index contributed by atoms with van der Waals surface area (Å²) < 4.78 is 0. The van der Waals surface area contributed by atoms with Crippen molar-refractivity contribution in [3.63, 3.8) is 0 Å². The zero-order valence-corrected chi connectivity index (χ0v) is 20.7. The summed E-state index contributed by atoms with van der Waals surface area (Å²) in [5, 5.41) is 32.4. The maximum absolute atomic E-state index is 11.0. The third-order valence-corrected chi connectivity index (χ3v) is 11.1. The molecule has 8 atom stereocenters. The Morgan fingerprint density at radius 3 is 2.32 bits per heavy atom. The molecular formula is C28H46O3. The summed E-state index contributed by atoms with van der Waals surface area (Å²) >= 11 is 0. The molecule has 4 aliphatic carbocycles. The number of fused-ring (bicyclic) bond motifs is 5.